The molecule has 1 saturated heterocycles. The number of para-hydroxylation sites is 1. The summed E-state index contributed by atoms with van der Waals surface area (Å²) in [5.41, 5.74) is 1.77. The highest BCUT2D eigenvalue weighted by Crippen LogP contribution is 2.19. The summed E-state index contributed by atoms with van der Waals surface area (Å²) < 4.78 is 4.80. The predicted octanol–water partition coefficient (Wildman–Crippen LogP) is -0.239. The van der Waals surface area contributed by atoms with Crippen molar-refractivity contribution >= 4 is 34.6 Å². The van der Waals surface area contributed by atoms with Gasteiger partial charge in [0.2, 0.25) is 17.7 Å². The van der Waals surface area contributed by atoms with Gasteiger partial charge in [-0.15, -0.1) is 0 Å². The standard InChI is InChI=1S/C19H22N4O5/c1-10-17(25)23-14(18(26)21-10)8-16(24)22-15(19(27)28-2)7-11-9-20-13-6-4-3-5-12(11)13/h3-6,9-10,14-15,20H,7-8H2,1-2H3,(H,21,26)(H,22,24)(H,23,25)/t10-,14-,15-/m1/s1. The fourth-order valence-corrected chi connectivity index (χ4v) is 3.18. The van der Waals surface area contributed by atoms with Crippen LogP contribution >= 0.6 is 0 Å². The second kappa shape index (κ2) is 8.12. The Kier molecular flexibility index (Phi) is 5.62. The number of carbonyl (C=O) groups is 4. The first-order valence-corrected chi connectivity index (χ1v) is 8.92. The summed E-state index contributed by atoms with van der Waals surface area (Å²) in [7, 11) is 1.24. The van der Waals surface area contributed by atoms with Gasteiger partial charge in [0.15, 0.2) is 0 Å². The molecule has 2 heterocycles. The molecule has 0 aliphatic carbocycles. The zero-order valence-corrected chi connectivity index (χ0v) is 15.6. The van der Waals surface area contributed by atoms with Crippen LogP contribution in [-0.4, -0.2) is 53.9 Å². The number of fused-ring (bicyclic) bond motifs is 1. The monoisotopic (exact) mass is 386 g/mol. The minimum Gasteiger partial charge on any atom is -0.467 e. The van der Waals surface area contributed by atoms with E-state index in [1.807, 2.05) is 24.3 Å². The molecular formula is C19H22N4O5. The van der Waals surface area contributed by atoms with Crippen LogP contribution < -0.4 is 16.0 Å². The van der Waals surface area contributed by atoms with Gasteiger partial charge in [-0.2, -0.15) is 0 Å². The zero-order valence-electron chi connectivity index (χ0n) is 15.6. The first-order valence-electron chi connectivity index (χ1n) is 8.92. The van der Waals surface area contributed by atoms with Crippen LogP contribution in [0.1, 0.15) is 18.9 Å². The highest BCUT2D eigenvalue weighted by atomic mass is 16.5. The van der Waals surface area contributed by atoms with E-state index in [-0.39, 0.29) is 18.7 Å². The molecule has 28 heavy (non-hydrogen) atoms. The van der Waals surface area contributed by atoms with Gasteiger partial charge < -0.3 is 25.7 Å². The summed E-state index contributed by atoms with van der Waals surface area (Å²) in [6.07, 6.45) is 1.73. The second-order valence-electron chi connectivity index (χ2n) is 6.70. The van der Waals surface area contributed by atoms with Crippen molar-refractivity contribution in [3.8, 4) is 0 Å². The lowest BCUT2D eigenvalue weighted by Crippen LogP contribution is -2.61. The SMILES string of the molecule is COC(=O)[C@@H](Cc1c[nH]c2ccccc12)NC(=O)C[C@H]1NC(=O)[C@@H](C)NC1=O. The minimum absolute atomic E-state index is 0.225. The summed E-state index contributed by atoms with van der Waals surface area (Å²) in [4.78, 5) is 51.4. The van der Waals surface area contributed by atoms with Gasteiger partial charge in [0.05, 0.1) is 13.5 Å². The lowest BCUT2D eigenvalue weighted by Gasteiger charge is -2.27. The van der Waals surface area contributed by atoms with Gasteiger partial charge in [0.1, 0.15) is 18.1 Å². The molecule has 0 bridgehead atoms. The highest BCUT2D eigenvalue weighted by molar-refractivity contribution is 5.99. The molecule has 1 aromatic heterocycles. The minimum atomic E-state index is -0.977. The van der Waals surface area contributed by atoms with E-state index in [1.54, 1.807) is 13.1 Å². The molecule has 4 N–H and O–H groups in total. The van der Waals surface area contributed by atoms with Crippen molar-refractivity contribution in [2.75, 3.05) is 7.11 Å². The third-order valence-electron chi connectivity index (χ3n) is 4.69. The number of carbonyl (C=O) groups excluding carboxylic acids is 4. The van der Waals surface area contributed by atoms with Gasteiger partial charge in [-0.05, 0) is 18.6 Å². The Morgan fingerprint density at radius 1 is 1.18 bits per heavy atom. The van der Waals surface area contributed by atoms with Crippen LogP contribution in [0.2, 0.25) is 0 Å². The van der Waals surface area contributed by atoms with Crippen molar-refractivity contribution in [3.05, 3.63) is 36.0 Å². The Morgan fingerprint density at radius 3 is 2.68 bits per heavy atom. The Morgan fingerprint density at radius 2 is 1.93 bits per heavy atom. The van der Waals surface area contributed by atoms with E-state index in [2.05, 4.69) is 20.9 Å². The van der Waals surface area contributed by atoms with Crippen LogP contribution in [0, 0.1) is 0 Å². The van der Waals surface area contributed by atoms with Crippen LogP contribution in [0.3, 0.4) is 0 Å². The normalized spacial score (nSPS) is 20.2. The Labute approximate surface area is 161 Å². The van der Waals surface area contributed by atoms with Crippen LogP contribution in [0.5, 0.6) is 0 Å². The van der Waals surface area contributed by atoms with Gasteiger partial charge in [-0.3, -0.25) is 14.4 Å². The first-order chi connectivity index (χ1) is 13.4. The number of piperazine rings is 1. The van der Waals surface area contributed by atoms with Crippen molar-refractivity contribution < 1.29 is 23.9 Å². The van der Waals surface area contributed by atoms with E-state index in [4.69, 9.17) is 4.74 Å². The van der Waals surface area contributed by atoms with E-state index in [0.29, 0.717) is 0 Å². The van der Waals surface area contributed by atoms with Crippen LogP contribution in [-0.2, 0) is 30.3 Å². The molecule has 9 nitrogen and oxygen atoms in total. The quantitative estimate of drug-likeness (QED) is 0.509. The largest absolute Gasteiger partial charge is 0.467 e. The molecular weight excluding hydrogens is 364 g/mol. The molecule has 0 unspecified atom stereocenters. The summed E-state index contributed by atoms with van der Waals surface area (Å²) in [5, 5.41) is 8.55. The van der Waals surface area contributed by atoms with Gasteiger partial charge in [-0.1, -0.05) is 18.2 Å². The molecule has 3 amide bonds. The van der Waals surface area contributed by atoms with Crippen molar-refractivity contribution in [1.82, 2.24) is 20.9 Å². The third kappa shape index (κ3) is 4.13. The van der Waals surface area contributed by atoms with Gasteiger partial charge in [0.25, 0.3) is 0 Å². The third-order valence-corrected chi connectivity index (χ3v) is 4.69. The number of esters is 1. The van der Waals surface area contributed by atoms with Gasteiger partial charge >= 0.3 is 5.97 Å². The van der Waals surface area contributed by atoms with Crippen LogP contribution in [0.25, 0.3) is 10.9 Å². The lowest BCUT2D eigenvalue weighted by molar-refractivity contribution is -0.145. The Balaban J connectivity index is 1.69. The number of ether oxygens (including phenoxy) is 1. The van der Waals surface area contributed by atoms with Gasteiger partial charge in [-0.25, -0.2) is 4.79 Å². The number of hydrogen-bond acceptors (Lipinski definition) is 5. The van der Waals surface area contributed by atoms with Crippen molar-refractivity contribution in [2.45, 2.75) is 37.9 Å². The molecule has 2 aromatic rings. The predicted molar refractivity (Wildman–Crippen MR) is 100 cm³/mol. The summed E-state index contributed by atoms with van der Waals surface area (Å²) in [6.45, 7) is 1.55. The fraction of sp³-hybridized carbons (Fsp3) is 0.368. The number of H-pyrrole nitrogens is 1. The van der Waals surface area contributed by atoms with E-state index in [9.17, 15) is 19.2 Å². The van der Waals surface area contributed by atoms with Crippen LogP contribution in [0.4, 0.5) is 0 Å². The van der Waals surface area contributed by atoms with E-state index in [0.717, 1.165) is 16.5 Å². The van der Waals surface area contributed by atoms with Crippen molar-refractivity contribution in [1.29, 1.82) is 0 Å². The summed E-state index contributed by atoms with van der Waals surface area (Å²) >= 11 is 0. The van der Waals surface area contributed by atoms with E-state index < -0.39 is 35.9 Å². The number of nitrogens with one attached hydrogen (secondary N) is 4. The number of rotatable bonds is 6. The average Bonchev–Trinajstić information content (AvgIpc) is 3.08. The molecule has 0 saturated carbocycles. The maximum atomic E-state index is 12.4. The molecule has 0 radical (unpaired) electrons. The maximum Gasteiger partial charge on any atom is 0.328 e. The van der Waals surface area contributed by atoms with E-state index in [1.165, 1.54) is 7.11 Å². The smallest absolute Gasteiger partial charge is 0.328 e. The number of amides is 3. The molecule has 3 atom stereocenters. The molecule has 1 aliphatic heterocycles. The molecule has 0 spiro atoms. The number of methoxy groups -OCH3 is 1. The van der Waals surface area contributed by atoms with E-state index >= 15 is 0 Å². The Bertz CT molecular complexity index is 922. The maximum absolute atomic E-state index is 12.4. The Hall–Kier alpha value is -3.36. The fourth-order valence-electron chi connectivity index (χ4n) is 3.18. The number of benzene rings is 1. The first kappa shape index (κ1) is 19.4. The van der Waals surface area contributed by atoms with Crippen molar-refractivity contribution in [3.63, 3.8) is 0 Å². The molecule has 1 fully saturated rings. The van der Waals surface area contributed by atoms with Crippen molar-refractivity contribution in [2.24, 2.45) is 0 Å². The van der Waals surface area contributed by atoms with Crippen LogP contribution in [0.15, 0.2) is 30.5 Å². The topological polar surface area (TPSA) is 129 Å². The average molecular weight is 386 g/mol. The van der Waals surface area contributed by atoms with Gasteiger partial charge in [0, 0.05) is 23.5 Å². The number of aromatic amines is 1. The highest BCUT2D eigenvalue weighted by Gasteiger charge is 2.33. The molecule has 148 valence electrons. The molecule has 9 heteroatoms. The summed E-state index contributed by atoms with van der Waals surface area (Å²) in [5.74, 6) is -1.93. The number of aromatic nitrogens is 1. The molecule has 3 rings (SSSR count). The number of hydrogen-bond donors (Lipinski definition) is 4. The second-order valence-corrected chi connectivity index (χ2v) is 6.70. The molecule has 1 aliphatic rings. The zero-order chi connectivity index (χ0) is 20.3. The molecule has 1 aromatic carbocycles. The lowest BCUT2D eigenvalue weighted by atomic mass is 10.0. The summed E-state index contributed by atoms with van der Waals surface area (Å²) in [6, 6.07) is 5.07.